The van der Waals surface area contributed by atoms with Crippen LogP contribution in [0, 0.1) is 0 Å². The van der Waals surface area contributed by atoms with E-state index in [0.29, 0.717) is 19.7 Å². The maximum atomic E-state index is 13.1. The molecular weight excluding hydrogens is 406 g/mol. The minimum atomic E-state index is -0.0212. The molecule has 0 aliphatic rings. The highest BCUT2D eigenvalue weighted by atomic mass is 16.5. The van der Waals surface area contributed by atoms with Gasteiger partial charge in [-0.1, -0.05) is 103 Å². The van der Waals surface area contributed by atoms with E-state index in [1.165, 1.54) is 0 Å². The Morgan fingerprint density at radius 2 is 1.12 bits per heavy atom. The van der Waals surface area contributed by atoms with Crippen LogP contribution in [-0.4, -0.2) is 10.8 Å². The van der Waals surface area contributed by atoms with E-state index in [1.54, 1.807) is 6.08 Å². The minimum absolute atomic E-state index is 0.0212. The number of nitrogens with zero attached hydrogens (tertiary/aromatic N) is 1. The Morgan fingerprint density at radius 3 is 1.64 bits per heavy atom. The van der Waals surface area contributed by atoms with Crippen molar-refractivity contribution < 1.29 is 9.53 Å². The van der Waals surface area contributed by atoms with Crippen molar-refractivity contribution in [2.45, 2.75) is 19.7 Å². The zero-order chi connectivity index (χ0) is 22.7. The predicted molar refractivity (Wildman–Crippen MR) is 133 cm³/mol. The van der Waals surface area contributed by atoms with Gasteiger partial charge in [0.25, 0.3) is 0 Å². The van der Waals surface area contributed by atoms with E-state index < -0.39 is 0 Å². The molecule has 3 heteroatoms. The van der Waals surface area contributed by atoms with Crippen molar-refractivity contribution in [2.75, 3.05) is 0 Å². The Morgan fingerprint density at radius 1 is 0.636 bits per heavy atom. The standard InChI is InChI=1S/C30H27NO2/c32-30(31(22-26-10-4-1-5-11-26)23-27-12-6-2-7-13-27)21-18-25-16-19-29(20-17-25)33-24-28-14-8-3-9-15-28/h1-21H,22-24H2/b21-18+. The monoisotopic (exact) mass is 433 g/mol. The van der Waals surface area contributed by atoms with Crippen molar-refractivity contribution in [2.24, 2.45) is 0 Å². The van der Waals surface area contributed by atoms with Gasteiger partial charge in [-0.25, -0.2) is 0 Å². The lowest BCUT2D eigenvalue weighted by Gasteiger charge is -2.21. The third-order valence-electron chi connectivity index (χ3n) is 5.29. The van der Waals surface area contributed by atoms with E-state index >= 15 is 0 Å². The summed E-state index contributed by atoms with van der Waals surface area (Å²) in [6.07, 6.45) is 3.50. The lowest BCUT2D eigenvalue weighted by atomic mass is 10.1. The highest BCUT2D eigenvalue weighted by Crippen LogP contribution is 2.16. The van der Waals surface area contributed by atoms with E-state index in [-0.39, 0.29) is 5.91 Å². The zero-order valence-electron chi connectivity index (χ0n) is 18.5. The number of carbonyl (C=O) groups excluding carboxylic acids is 1. The van der Waals surface area contributed by atoms with Crippen molar-refractivity contribution in [3.63, 3.8) is 0 Å². The first-order chi connectivity index (χ1) is 16.3. The summed E-state index contributed by atoms with van der Waals surface area (Å²) in [6.45, 7) is 1.65. The van der Waals surface area contributed by atoms with Crippen LogP contribution in [0.5, 0.6) is 5.75 Å². The molecular formula is C30H27NO2. The molecule has 0 aliphatic carbocycles. The summed E-state index contributed by atoms with van der Waals surface area (Å²) >= 11 is 0. The molecule has 4 rings (SSSR count). The first kappa shape index (κ1) is 22.1. The fourth-order valence-corrected chi connectivity index (χ4v) is 3.51. The average Bonchev–Trinajstić information content (AvgIpc) is 2.88. The molecule has 0 fully saturated rings. The van der Waals surface area contributed by atoms with Gasteiger partial charge in [-0.2, -0.15) is 0 Å². The molecule has 164 valence electrons. The summed E-state index contributed by atoms with van der Waals surface area (Å²) in [7, 11) is 0. The van der Waals surface area contributed by atoms with E-state index in [2.05, 4.69) is 0 Å². The van der Waals surface area contributed by atoms with Gasteiger partial charge in [0.05, 0.1) is 0 Å². The van der Waals surface area contributed by atoms with Gasteiger partial charge in [0.15, 0.2) is 0 Å². The Hall–Kier alpha value is -4.11. The summed E-state index contributed by atoms with van der Waals surface area (Å²) in [6, 6.07) is 38.0. The lowest BCUT2D eigenvalue weighted by molar-refractivity contribution is -0.127. The summed E-state index contributed by atoms with van der Waals surface area (Å²) in [5.41, 5.74) is 4.30. The highest BCUT2D eigenvalue weighted by Gasteiger charge is 2.12. The molecule has 0 radical (unpaired) electrons. The molecule has 0 saturated heterocycles. The number of ether oxygens (including phenoxy) is 1. The Labute approximate surface area is 195 Å². The molecule has 1 amide bonds. The molecule has 0 spiro atoms. The minimum Gasteiger partial charge on any atom is -0.489 e. The summed E-state index contributed by atoms with van der Waals surface area (Å²) < 4.78 is 5.84. The molecule has 33 heavy (non-hydrogen) atoms. The molecule has 3 nitrogen and oxygen atoms in total. The zero-order valence-corrected chi connectivity index (χ0v) is 18.5. The van der Waals surface area contributed by atoms with Gasteiger partial charge in [-0.3, -0.25) is 4.79 Å². The molecule has 0 aliphatic heterocycles. The summed E-state index contributed by atoms with van der Waals surface area (Å²) in [5.74, 6) is 0.782. The largest absolute Gasteiger partial charge is 0.489 e. The summed E-state index contributed by atoms with van der Waals surface area (Å²) in [4.78, 5) is 14.9. The molecule has 0 unspecified atom stereocenters. The van der Waals surface area contributed by atoms with Crippen molar-refractivity contribution >= 4 is 12.0 Å². The molecule has 4 aromatic carbocycles. The summed E-state index contributed by atoms with van der Waals surface area (Å²) in [5, 5.41) is 0. The second kappa shape index (κ2) is 11.5. The van der Waals surface area contributed by atoms with Crippen molar-refractivity contribution in [3.05, 3.63) is 144 Å². The van der Waals surface area contributed by atoms with E-state index in [1.807, 2.05) is 126 Å². The van der Waals surface area contributed by atoms with Crippen LogP contribution in [-0.2, 0) is 24.5 Å². The molecule has 0 atom stereocenters. The molecule has 0 aromatic heterocycles. The molecule has 0 bridgehead atoms. The Bertz CT molecular complexity index is 1110. The van der Waals surface area contributed by atoms with Crippen LogP contribution in [0.4, 0.5) is 0 Å². The van der Waals surface area contributed by atoms with Crippen LogP contribution in [0.15, 0.2) is 121 Å². The van der Waals surface area contributed by atoms with Crippen LogP contribution in [0.25, 0.3) is 6.08 Å². The van der Waals surface area contributed by atoms with E-state index in [0.717, 1.165) is 28.0 Å². The quantitative estimate of drug-likeness (QED) is 0.282. The fraction of sp³-hybridized carbons (Fsp3) is 0.100. The molecule has 0 saturated carbocycles. The van der Waals surface area contributed by atoms with Gasteiger partial charge in [0.2, 0.25) is 5.91 Å². The number of carbonyl (C=O) groups is 1. The van der Waals surface area contributed by atoms with Gasteiger partial charge >= 0.3 is 0 Å². The second-order valence-electron chi connectivity index (χ2n) is 7.84. The number of rotatable bonds is 9. The second-order valence-corrected chi connectivity index (χ2v) is 7.84. The first-order valence-corrected chi connectivity index (χ1v) is 11.1. The van der Waals surface area contributed by atoms with Crippen molar-refractivity contribution in [3.8, 4) is 5.75 Å². The van der Waals surface area contributed by atoms with E-state index in [9.17, 15) is 4.79 Å². The van der Waals surface area contributed by atoms with Crippen LogP contribution < -0.4 is 4.74 Å². The van der Waals surface area contributed by atoms with Crippen LogP contribution >= 0.6 is 0 Å². The van der Waals surface area contributed by atoms with Gasteiger partial charge in [0.1, 0.15) is 12.4 Å². The van der Waals surface area contributed by atoms with Gasteiger partial charge < -0.3 is 9.64 Å². The SMILES string of the molecule is O=C(/C=C/c1ccc(OCc2ccccc2)cc1)N(Cc1ccccc1)Cc1ccccc1. The van der Waals surface area contributed by atoms with Crippen LogP contribution in [0.1, 0.15) is 22.3 Å². The molecule has 0 N–H and O–H groups in total. The highest BCUT2D eigenvalue weighted by molar-refractivity contribution is 5.91. The topological polar surface area (TPSA) is 29.5 Å². The average molecular weight is 434 g/mol. The third-order valence-corrected chi connectivity index (χ3v) is 5.29. The van der Waals surface area contributed by atoms with Crippen molar-refractivity contribution in [1.82, 2.24) is 4.90 Å². The fourth-order valence-electron chi connectivity index (χ4n) is 3.51. The molecule has 4 aromatic rings. The molecule has 0 heterocycles. The predicted octanol–water partition coefficient (Wildman–Crippen LogP) is 6.51. The first-order valence-electron chi connectivity index (χ1n) is 11.1. The maximum Gasteiger partial charge on any atom is 0.247 e. The number of hydrogen-bond acceptors (Lipinski definition) is 2. The van der Waals surface area contributed by atoms with Crippen molar-refractivity contribution in [1.29, 1.82) is 0 Å². The Balaban J connectivity index is 1.40. The third kappa shape index (κ3) is 6.94. The lowest BCUT2D eigenvalue weighted by Crippen LogP contribution is -2.28. The normalized spacial score (nSPS) is 10.8. The number of amides is 1. The van der Waals surface area contributed by atoms with Gasteiger partial charge in [-0.15, -0.1) is 0 Å². The van der Waals surface area contributed by atoms with E-state index in [4.69, 9.17) is 4.74 Å². The maximum absolute atomic E-state index is 13.1. The van der Waals surface area contributed by atoms with Crippen LogP contribution in [0.2, 0.25) is 0 Å². The van der Waals surface area contributed by atoms with Gasteiger partial charge in [-0.05, 0) is 40.5 Å². The smallest absolute Gasteiger partial charge is 0.247 e. The number of benzene rings is 4. The van der Waals surface area contributed by atoms with Gasteiger partial charge in [0, 0.05) is 19.2 Å². The number of hydrogen-bond donors (Lipinski definition) is 0. The Kier molecular flexibility index (Phi) is 7.70. The van der Waals surface area contributed by atoms with Crippen LogP contribution in [0.3, 0.4) is 0 Å².